The fourth-order valence-electron chi connectivity index (χ4n) is 2.90. The average Bonchev–Trinajstić information content (AvgIpc) is 2.99. The Balaban J connectivity index is 1.77. The van der Waals surface area contributed by atoms with Crippen molar-refractivity contribution in [2.45, 2.75) is 13.8 Å². The lowest BCUT2D eigenvalue weighted by atomic mass is 10.1. The van der Waals surface area contributed by atoms with Crippen molar-refractivity contribution in [3.05, 3.63) is 68.8 Å². The van der Waals surface area contributed by atoms with Gasteiger partial charge in [-0.25, -0.2) is 4.98 Å². The smallest absolute Gasteiger partial charge is 0.266 e. The number of carbonyl (C=O) groups is 1. The second-order valence-corrected chi connectivity index (χ2v) is 7.30. The first-order valence-corrected chi connectivity index (χ1v) is 9.17. The van der Waals surface area contributed by atoms with Crippen molar-refractivity contribution in [3.8, 4) is 5.75 Å². The third-order valence-corrected chi connectivity index (χ3v) is 5.45. The van der Waals surface area contributed by atoms with Crippen molar-refractivity contribution in [1.82, 2.24) is 9.38 Å². The third kappa shape index (κ3) is 3.06. The first-order chi connectivity index (χ1) is 13.0. The maximum absolute atomic E-state index is 12.7. The van der Waals surface area contributed by atoms with Crippen LogP contribution in [-0.4, -0.2) is 22.4 Å². The maximum Gasteiger partial charge on any atom is 0.266 e. The van der Waals surface area contributed by atoms with Gasteiger partial charge in [-0.05, 0) is 49.2 Å². The number of hydrogen-bond donors (Lipinski definition) is 1. The van der Waals surface area contributed by atoms with Gasteiger partial charge in [0.05, 0.1) is 18.1 Å². The highest BCUT2D eigenvalue weighted by molar-refractivity contribution is 7.18. The van der Waals surface area contributed by atoms with Crippen molar-refractivity contribution < 1.29 is 9.53 Å². The van der Waals surface area contributed by atoms with Gasteiger partial charge in [0, 0.05) is 17.8 Å². The molecule has 27 heavy (non-hydrogen) atoms. The molecule has 0 aliphatic carbocycles. The Labute approximate surface area is 159 Å². The van der Waals surface area contributed by atoms with Crippen molar-refractivity contribution in [2.75, 3.05) is 12.4 Å². The Bertz CT molecular complexity index is 1260. The normalized spacial score (nSPS) is 11.1. The number of rotatable bonds is 3. The molecule has 0 aliphatic rings. The van der Waals surface area contributed by atoms with Gasteiger partial charge in [0.2, 0.25) is 0 Å². The largest absolute Gasteiger partial charge is 0.497 e. The molecule has 2 heterocycles. The van der Waals surface area contributed by atoms with Crippen LogP contribution in [0.1, 0.15) is 20.8 Å². The van der Waals surface area contributed by atoms with Crippen LogP contribution in [0.4, 0.5) is 5.69 Å². The van der Waals surface area contributed by atoms with Gasteiger partial charge in [0.15, 0.2) is 4.96 Å². The maximum atomic E-state index is 12.7. The van der Waals surface area contributed by atoms with E-state index in [0.29, 0.717) is 21.3 Å². The van der Waals surface area contributed by atoms with Crippen LogP contribution in [0, 0.1) is 13.8 Å². The fourth-order valence-corrected chi connectivity index (χ4v) is 3.83. The summed E-state index contributed by atoms with van der Waals surface area (Å²) in [5.74, 6) is 0.286. The predicted octanol–water partition coefficient (Wildman–Crippen LogP) is 3.79. The van der Waals surface area contributed by atoms with E-state index in [4.69, 9.17) is 4.74 Å². The van der Waals surface area contributed by atoms with E-state index in [2.05, 4.69) is 10.3 Å². The lowest BCUT2D eigenvalue weighted by molar-refractivity contribution is 0.103. The Kier molecular flexibility index (Phi) is 4.16. The highest BCUT2D eigenvalue weighted by Crippen LogP contribution is 2.23. The number of hydrogen-bond acceptors (Lipinski definition) is 5. The van der Waals surface area contributed by atoms with E-state index in [0.717, 1.165) is 22.2 Å². The minimum atomic E-state index is -0.354. The Morgan fingerprint density at radius 1 is 1.15 bits per heavy atom. The lowest BCUT2D eigenvalue weighted by Crippen LogP contribution is -2.17. The van der Waals surface area contributed by atoms with E-state index in [1.807, 2.05) is 26.0 Å². The molecule has 6 nitrogen and oxygen atoms in total. The molecular formula is C20H17N3O3S. The number of carbonyl (C=O) groups excluding carboxylic acids is 1. The van der Waals surface area contributed by atoms with Gasteiger partial charge < -0.3 is 10.1 Å². The molecule has 0 unspecified atom stereocenters. The minimum Gasteiger partial charge on any atom is -0.497 e. The number of aryl methyl sites for hydroxylation is 2. The lowest BCUT2D eigenvalue weighted by Gasteiger charge is -2.06. The van der Waals surface area contributed by atoms with Gasteiger partial charge >= 0.3 is 0 Å². The Morgan fingerprint density at radius 3 is 2.70 bits per heavy atom. The standard InChI is InChI=1S/C20H17N3O3S/c1-11-7-15-16(8-12(11)2)23-18(24)10-17(27-20(23)22-15)19(25)21-13-5-4-6-14(9-13)26-3/h4-10H,1-3H3,(H,21,25). The molecule has 0 bridgehead atoms. The van der Waals surface area contributed by atoms with Crippen LogP contribution in [0.25, 0.3) is 16.0 Å². The van der Waals surface area contributed by atoms with Crippen LogP contribution in [0.3, 0.4) is 0 Å². The van der Waals surface area contributed by atoms with Crippen molar-refractivity contribution >= 4 is 38.9 Å². The highest BCUT2D eigenvalue weighted by Gasteiger charge is 2.15. The van der Waals surface area contributed by atoms with E-state index >= 15 is 0 Å². The van der Waals surface area contributed by atoms with Gasteiger partial charge in [-0.2, -0.15) is 0 Å². The number of fused-ring (bicyclic) bond motifs is 3. The summed E-state index contributed by atoms with van der Waals surface area (Å²) in [5, 5.41) is 2.79. The van der Waals surface area contributed by atoms with Crippen LogP contribution in [0.5, 0.6) is 5.75 Å². The molecule has 0 saturated heterocycles. The van der Waals surface area contributed by atoms with Gasteiger partial charge in [-0.15, -0.1) is 0 Å². The van der Waals surface area contributed by atoms with Gasteiger partial charge in [-0.3, -0.25) is 14.0 Å². The Morgan fingerprint density at radius 2 is 1.93 bits per heavy atom. The second kappa shape index (κ2) is 6.51. The number of benzene rings is 2. The number of ether oxygens (including phenoxy) is 1. The quantitative estimate of drug-likeness (QED) is 0.588. The SMILES string of the molecule is COc1cccc(NC(=O)c2cc(=O)n3c(nc4cc(C)c(C)cc43)s2)c1. The molecule has 2 aromatic carbocycles. The van der Waals surface area contributed by atoms with Crippen LogP contribution in [-0.2, 0) is 0 Å². The first kappa shape index (κ1) is 17.2. The van der Waals surface area contributed by atoms with Crippen molar-refractivity contribution in [3.63, 3.8) is 0 Å². The summed E-state index contributed by atoms with van der Waals surface area (Å²) in [6, 6.07) is 12.3. The molecule has 7 heteroatoms. The molecule has 4 aromatic rings. The van der Waals surface area contributed by atoms with E-state index in [-0.39, 0.29) is 11.5 Å². The third-order valence-electron chi connectivity index (χ3n) is 4.47. The summed E-state index contributed by atoms with van der Waals surface area (Å²) < 4.78 is 6.71. The fraction of sp³-hybridized carbons (Fsp3) is 0.150. The molecule has 1 N–H and O–H groups in total. The minimum absolute atomic E-state index is 0.273. The zero-order chi connectivity index (χ0) is 19.1. The van der Waals surface area contributed by atoms with Crippen molar-refractivity contribution in [1.29, 1.82) is 0 Å². The summed E-state index contributed by atoms with van der Waals surface area (Å²) in [6.07, 6.45) is 0. The number of methoxy groups -OCH3 is 1. The number of aromatic nitrogens is 2. The molecule has 136 valence electrons. The average molecular weight is 379 g/mol. The molecule has 0 aliphatic heterocycles. The zero-order valence-corrected chi connectivity index (χ0v) is 15.9. The molecule has 4 rings (SSSR count). The number of nitrogens with zero attached hydrogens (tertiary/aromatic N) is 2. The zero-order valence-electron chi connectivity index (χ0n) is 15.1. The number of anilines is 1. The number of imidazole rings is 1. The second-order valence-electron chi connectivity index (χ2n) is 6.29. The molecule has 2 aromatic heterocycles. The van der Waals surface area contributed by atoms with Gasteiger partial charge in [0.1, 0.15) is 10.6 Å². The molecule has 0 saturated carbocycles. The molecule has 0 spiro atoms. The van der Waals surface area contributed by atoms with Crippen LogP contribution < -0.4 is 15.6 Å². The Hall–Kier alpha value is -3.19. The molecule has 0 radical (unpaired) electrons. The summed E-state index contributed by atoms with van der Waals surface area (Å²) >= 11 is 1.18. The predicted molar refractivity (Wildman–Crippen MR) is 107 cm³/mol. The topological polar surface area (TPSA) is 72.7 Å². The number of amides is 1. The molecule has 1 amide bonds. The number of nitrogens with one attached hydrogen (secondary N) is 1. The first-order valence-electron chi connectivity index (χ1n) is 8.35. The summed E-state index contributed by atoms with van der Waals surface area (Å²) in [5.41, 5.74) is 4.03. The molecular weight excluding hydrogens is 362 g/mol. The van der Waals surface area contributed by atoms with Gasteiger partial charge in [0.25, 0.3) is 11.5 Å². The van der Waals surface area contributed by atoms with E-state index < -0.39 is 0 Å². The van der Waals surface area contributed by atoms with Gasteiger partial charge in [-0.1, -0.05) is 17.4 Å². The van der Waals surface area contributed by atoms with Crippen LogP contribution >= 0.6 is 11.3 Å². The van der Waals surface area contributed by atoms with E-state index in [1.165, 1.54) is 17.4 Å². The summed E-state index contributed by atoms with van der Waals surface area (Å²) in [6.45, 7) is 4.01. The van der Waals surface area contributed by atoms with E-state index in [1.54, 1.807) is 35.8 Å². The van der Waals surface area contributed by atoms with Crippen LogP contribution in [0.15, 0.2) is 47.3 Å². The van der Waals surface area contributed by atoms with Crippen molar-refractivity contribution in [2.24, 2.45) is 0 Å². The van der Waals surface area contributed by atoms with Crippen LogP contribution in [0.2, 0.25) is 0 Å². The molecule has 0 fully saturated rings. The summed E-state index contributed by atoms with van der Waals surface area (Å²) in [4.78, 5) is 30.6. The monoisotopic (exact) mass is 379 g/mol. The molecule has 0 atom stereocenters. The highest BCUT2D eigenvalue weighted by atomic mass is 32.1. The summed E-state index contributed by atoms with van der Waals surface area (Å²) in [7, 11) is 1.56. The van der Waals surface area contributed by atoms with E-state index in [9.17, 15) is 9.59 Å².